The average Bonchev–Trinajstić information content (AvgIpc) is 2.45. The number of carbonyl (C=O) groups is 1. The van der Waals surface area contributed by atoms with E-state index in [4.69, 9.17) is 15.6 Å². The van der Waals surface area contributed by atoms with Crippen LogP contribution in [0.25, 0.3) is 0 Å². The van der Waals surface area contributed by atoms with Crippen LogP contribution < -0.4 is 5.73 Å². The van der Waals surface area contributed by atoms with E-state index in [2.05, 4.69) is 13.8 Å². The topological polar surface area (TPSA) is 72.6 Å². The Kier molecular flexibility index (Phi) is 4.43. The third-order valence-electron chi connectivity index (χ3n) is 2.47. The number of nitrogens with two attached hydrogens (primary N) is 1. The van der Waals surface area contributed by atoms with Gasteiger partial charge < -0.3 is 15.6 Å². The fourth-order valence-corrected chi connectivity index (χ4v) is 2.62. The molecule has 0 aromatic rings. The highest BCUT2D eigenvalue weighted by Crippen LogP contribution is 2.30. The van der Waals surface area contributed by atoms with Gasteiger partial charge in [0.15, 0.2) is 0 Å². The van der Waals surface area contributed by atoms with Crippen LogP contribution in [-0.4, -0.2) is 40.3 Å². The molecular weight excluding hydrogens is 214 g/mol. The zero-order valence-corrected chi connectivity index (χ0v) is 10.0. The first-order chi connectivity index (χ1) is 6.91. The summed E-state index contributed by atoms with van der Waals surface area (Å²) < 4.78 is 5.78. The van der Waals surface area contributed by atoms with Crippen LogP contribution in [0.2, 0.25) is 0 Å². The van der Waals surface area contributed by atoms with Crippen molar-refractivity contribution in [2.24, 2.45) is 5.73 Å². The monoisotopic (exact) mass is 233 g/mol. The smallest absolute Gasteiger partial charge is 0.321 e. The highest BCUT2D eigenvalue weighted by atomic mass is 32.2. The van der Waals surface area contributed by atoms with Gasteiger partial charge in [0.1, 0.15) is 6.04 Å². The Bertz CT molecular complexity index is 233. The van der Waals surface area contributed by atoms with Crippen LogP contribution in [0.4, 0.5) is 0 Å². The van der Waals surface area contributed by atoms with Gasteiger partial charge in [-0.05, 0) is 26.7 Å². The number of thioether (sulfide) groups is 1. The molecule has 5 heteroatoms. The molecular formula is C10H19NO3S. The van der Waals surface area contributed by atoms with Gasteiger partial charge in [0.05, 0.1) is 11.7 Å². The van der Waals surface area contributed by atoms with E-state index < -0.39 is 12.0 Å². The molecule has 3 N–H and O–H groups in total. The second-order valence-corrected chi connectivity index (χ2v) is 5.60. The molecule has 15 heavy (non-hydrogen) atoms. The maximum Gasteiger partial charge on any atom is 0.321 e. The third-order valence-corrected chi connectivity index (χ3v) is 3.67. The number of hydrogen-bond donors (Lipinski definition) is 2. The van der Waals surface area contributed by atoms with E-state index in [-0.39, 0.29) is 11.7 Å². The van der Waals surface area contributed by atoms with Gasteiger partial charge in [-0.3, -0.25) is 4.79 Å². The third kappa shape index (κ3) is 4.40. The number of aliphatic carboxylic acids is 1. The average molecular weight is 233 g/mol. The molecule has 88 valence electrons. The lowest BCUT2D eigenvalue weighted by Crippen LogP contribution is -2.33. The molecule has 1 aliphatic heterocycles. The Morgan fingerprint density at radius 2 is 2.40 bits per heavy atom. The van der Waals surface area contributed by atoms with Gasteiger partial charge >= 0.3 is 5.97 Å². The van der Waals surface area contributed by atoms with E-state index >= 15 is 0 Å². The van der Waals surface area contributed by atoms with Gasteiger partial charge in [-0.15, -0.1) is 0 Å². The Balaban J connectivity index is 2.14. The van der Waals surface area contributed by atoms with Gasteiger partial charge in [0.25, 0.3) is 0 Å². The fraction of sp³-hybridized carbons (Fsp3) is 0.900. The molecule has 1 unspecified atom stereocenters. The summed E-state index contributed by atoms with van der Waals surface area (Å²) >= 11 is 1.56. The fourth-order valence-electron chi connectivity index (χ4n) is 1.59. The number of rotatable bonds is 5. The zero-order chi connectivity index (χ0) is 11.5. The highest BCUT2D eigenvalue weighted by Gasteiger charge is 2.31. The van der Waals surface area contributed by atoms with Gasteiger partial charge in [-0.1, -0.05) is 0 Å². The molecule has 0 aromatic heterocycles. The Morgan fingerprint density at radius 1 is 1.73 bits per heavy atom. The summed E-state index contributed by atoms with van der Waals surface area (Å²) in [6.07, 6.45) is 2.39. The van der Waals surface area contributed by atoms with Crippen molar-refractivity contribution in [1.29, 1.82) is 0 Å². The van der Waals surface area contributed by atoms with Crippen LogP contribution >= 0.6 is 11.8 Å². The molecule has 2 atom stereocenters. The van der Waals surface area contributed by atoms with E-state index in [0.29, 0.717) is 5.75 Å². The molecule has 4 nitrogen and oxygen atoms in total. The SMILES string of the molecule is CC1(C)CCC(CSC[C@H](N)C(=O)O)O1. The summed E-state index contributed by atoms with van der Waals surface area (Å²) in [4.78, 5) is 10.5. The van der Waals surface area contributed by atoms with E-state index in [1.165, 1.54) is 0 Å². The van der Waals surface area contributed by atoms with Crippen LogP contribution in [0.5, 0.6) is 0 Å². The van der Waals surface area contributed by atoms with Crippen LogP contribution in [0.15, 0.2) is 0 Å². The van der Waals surface area contributed by atoms with Crippen molar-refractivity contribution in [3.05, 3.63) is 0 Å². The van der Waals surface area contributed by atoms with Crippen LogP contribution in [0, 0.1) is 0 Å². The van der Waals surface area contributed by atoms with E-state index in [0.717, 1.165) is 18.6 Å². The van der Waals surface area contributed by atoms with E-state index in [1.54, 1.807) is 11.8 Å². The molecule has 0 amide bonds. The van der Waals surface area contributed by atoms with Gasteiger partial charge in [-0.2, -0.15) is 11.8 Å². The second-order valence-electron chi connectivity index (χ2n) is 4.52. The normalized spacial score (nSPS) is 26.5. The van der Waals surface area contributed by atoms with E-state index in [1.807, 2.05) is 0 Å². The van der Waals surface area contributed by atoms with Gasteiger partial charge in [-0.25, -0.2) is 0 Å². The molecule has 1 rings (SSSR count). The molecule has 0 saturated carbocycles. The predicted octanol–water partition coefficient (Wildman–Crippen LogP) is 1.09. The van der Waals surface area contributed by atoms with Crippen molar-refractivity contribution in [3.8, 4) is 0 Å². The lowest BCUT2D eigenvalue weighted by molar-refractivity contribution is -0.137. The standard InChI is InChI=1S/C10H19NO3S/c1-10(2)4-3-7(14-10)5-15-6-8(11)9(12)13/h7-8H,3-6,11H2,1-2H3,(H,12,13)/t7?,8-/m0/s1. The van der Waals surface area contributed by atoms with Crippen molar-refractivity contribution >= 4 is 17.7 Å². The lowest BCUT2D eigenvalue weighted by atomic mass is 10.1. The molecule has 0 spiro atoms. The van der Waals surface area contributed by atoms with E-state index in [9.17, 15) is 4.79 Å². The van der Waals surface area contributed by atoms with Crippen LogP contribution in [-0.2, 0) is 9.53 Å². The Labute approximate surface area is 94.6 Å². The van der Waals surface area contributed by atoms with Gasteiger partial charge in [0, 0.05) is 11.5 Å². The van der Waals surface area contributed by atoms with Crippen molar-refractivity contribution in [3.63, 3.8) is 0 Å². The maximum absolute atomic E-state index is 10.5. The zero-order valence-electron chi connectivity index (χ0n) is 9.23. The van der Waals surface area contributed by atoms with Crippen LogP contribution in [0.1, 0.15) is 26.7 Å². The summed E-state index contributed by atoms with van der Waals surface area (Å²) in [6, 6.07) is -0.760. The predicted molar refractivity (Wildman–Crippen MR) is 61.1 cm³/mol. The molecule has 1 saturated heterocycles. The minimum absolute atomic E-state index is 0.0137. The molecule has 0 bridgehead atoms. The first-order valence-corrected chi connectivity index (χ1v) is 6.30. The first-order valence-electron chi connectivity index (χ1n) is 5.15. The molecule has 0 aromatic carbocycles. The van der Waals surface area contributed by atoms with Crippen molar-refractivity contribution < 1.29 is 14.6 Å². The first kappa shape index (κ1) is 12.8. The maximum atomic E-state index is 10.5. The summed E-state index contributed by atoms with van der Waals surface area (Å²) in [5.74, 6) is 0.357. The minimum Gasteiger partial charge on any atom is -0.480 e. The van der Waals surface area contributed by atoms with Crippen molar-refractivity contribution in [2.75, 3.05) is 11.5 Å². The summed E-state index contributed by atoms with van der Waals surface area (Å²) in [6.45, 7) is 4.17. The number of hydrogen-bond acceptors (Lipinski definition) is 4. The van der Waals surface area contributed by atoms with Gasteiger partial charge in [0.2, 0.25) is 0 Å². The molecule has 0 aliphatic carbocycles. The van der Waals surface area contributed by atoms with Crippen LogP contribution in [0.3, 0.4) is 0 Å². The summed E-state index contributed by atoms with van der Waals surface area (Å²) in [7, 11) is 0. The quantitative estimate of drug-likeness (QED) is 0.743. The molecule has 1 aliphatic rings. The molecule has 1 heterocycles. The Hall–Kier alpha value is -0.260. The summed E-state index contributed by atoms with van der Waals surface area (Å²) in [5.41, 5.74) is 5.38. The number of carboxylic acids is 1. The number of ether oxygens (including phenoxy) is 1. The number of carboxylic acid groups (broad SMARTS) is 1. The Morgan fingerprint density at radius 3 is 2.87 bits per heavy atom. The summed E-state index contributed by atoms with van der Waals surface area (Å²) in [5, 5.41) is 8.59. The lowest BCUT2D eigenvalue weighted by Gasteiger charge is -2.19. The molecule has 0 radical (unpaired) electrons. The van der Waals surface area contributed by atoms with Crippen molar-refractivity contribution in [1.82, 2.24) is 0 Å². The minimum atomic E-state index is -0.935. The van der Waals surface area contributed by atoms with Crippen molar-refractivity contribution in [2.45, 2.75) is 44.4 Å². The molecule has 1 fully saturated rings. The highest BCUT2D eigenvalue weighted by molar-refractivity contribution is 7.99. The largest absolute Gasteiger partial charge is 0.480 e. The second kappa shape index (κ2) is 5.18.